The summed E-state index contributed by atoms with van der Waals surface area (Å²) in [7, 11) is 0. The minimum absolute atomic E-state index is 0.0649. The maximum Gasteiger partial charge on any atom is 0.416 e. The third kappa shape index (κ3) is 3.12. The van der Waals surface area contributed by atoms with Gasteiger partial charge in [-0.3, -0.25) is 9.48 Å². The lowest BCUT2D eigenvalue weighted by Gasteiger charge is -2.10. The molecule has 2 rings (SSSR count). The Hall–Kier alpha value is -2.18. The minimum Gasteiger partial charge on any atom is -0.287 e. The summed E-state index contributed by atoms with van der Waals surface area (Å²) in [6.45, 7) is 2.29. The molecule has 0 atom stereocenters. The molecule has 0 radical (unpaired) electrons. The van der Waals surface area contributed by atoms with Crippen LogP contribution in [0.25, 0.3) is 0 Å². The van der Waals surface area contributed by atoms with E-state index in [1.807, 2.05) is 6.92 Å². The maximum absolute atomic E-state index is 13.7. The van der Waals surface area contributed by atoms with Crippen LogP contribution >= 0.6 is 0 Å². The standard InChI is InChI=1S/C14H12F4N2O/c1-2-7-20-12(5-6-19-20)13(21)10-8-9(14(16,17)18)3-4-11(10)15/h3-6,8H,2,7H2,1H3. The van der Waals surface area contributed by atoms with Gasteiger partial charge in [0.2, 0.25) is 5.78 Å². The summed E-state index contributed by atoms with van der Waals surface area (Å²) in [5, 5.41) is 3.90. The predicted molar refractivity (Wildman–Crippen MR) is 67.4 cm³/mol. The molecule has 1 aromatic heterocycles. The number of carbonyl (C=O) groups is 1. The largest absolute Gasteiger partial charge is 0.416 e. The Morgan fingerprint density at radius 3 is 2.62 bits per heavy atom. The van der Waals surface area contributed by atoms with Gasteiger partial charge in [0, 0.05) is 12.7 Å². The molecule has 0 aliphatic heterocycles. The highest BCUT2D eigenvalue weighted by molar-refractivity contribution is 6.08. The van der Waals surface area contributed by atoms with E-state index >= 15 is 0 Å². The number of hydrogen-bond acceptors (Lipinski definition) is 2. The number of rotatable bonds is 4. The van der Waals surface area contributed by atoms with Crippen molar-refractivity contribution in [2.75, 3.05) is 0 Å². The minimum atomic E-state index is -4.63. The van der Waals surface area contributed by atoms with Crippen LogP contribution in [-0.2, 0) is 12.7 Å². The molecule has 0 saturated carbocycles. The zero-order chi connectivity index (χ0) is 15.6. The van der Waals surface area contributed by atoms with Crippen LogP contribution in [0.5, 0.6) is 0 Å². The summed E-state index contributed by atoms with van der Waals surface area (Å²) in [5.74, 6) is -1.80. The molecule has 0 spiro atoms. The van der Waals surface area contributed by atoms with Crippen LogP contribution < -0.4 is 0 Å². The van der Waals surface area contributed by atoms with Gasteiger partial charge in [0.05, 0.1) is 11.1 Å². The summed E-state index contributed by atoms with van der Waals surface area (Å²) in [6, 6.07) is 3.14. The lowest BCUT2D eigenvalue weighted by atomic mass is 10.0. The van der Waals surface area contributed by atoms with Gasteiger partial charge in [0.25, 0.3) is 0 Å². The van der Waals surface area contributed by atoms with Gasteiger partial charge in [0.1, 0.15) is 11.5 Å². The van der Waals surface area contributed by atoms with E-state index in [9.17, 15) is 22.4 Å². The fourth-order valence-corrected chi connectivity index (χ4v) is 1.93. The Morgan fingerprint density at radius 2 is 2.00 bits per heavy atom. The molecule has 0 N–H and O–H groups in total. The quantitative estimate of drug-likeness (QED) is 0.637. The fourth-order valence-electron chi connectivity index (χ4n) is 1.93. The van der Waals surface area contributed by atoms with Gasteiger partial charge >= 0.3 is 6.18 Å². The molecular formula is C14H12F4N2O. The van der Waals surface area contributed by atoms with Crippen molar-refractivity contribution >= 4 is 5.78 Å². The summed E-state index contributed by atoms with van der Waals surface area (Å²) in [4.78, 5) is 12.2. The summed E-state index contributed by atoms with van der Waals surface area (Å²) in [5.41, 5.74) is -1.61. The molecule has 0 unspecified atom stereocenters. The number of carbonyl (C=O) groups excluding carboxylic acids is 1. The molecule has 2 aromatic rings. The highest BCUT2D eigenvalue weighted by Gasteiger charge is 2.32. The van der Waals surface area contributed by atoms with E-state index in [4.69, 9.17) is 0 Å². The topological polar surface area (TPSA) is 34.9 Å². The second-order valence-corrected chi connectivity index (χ2v) is 4.46. The molecule has 7 heteroatoms. The number of aromatic nitrogens is 2. The van der Waals surface area contributed by atoms with E-state index in [0.29, 0.717) is 31.2 Å². The molecule has 0 amide bonds. The van der Waals surface area contributed by atoms with Crippen LogP contribution in [0.2, 0.25) is 0 Å². The van der Waals surface area contributed by atoms with Crippen molar-refractivity contribution in [3.63, 3.8) is 0 Å². The lowest BCUT2D eigenvalue weighted by molar-refractivity contribution is -0.137. The van der Waals surface area contributed by atoms with E-state index in [-0.39, 0.29) is 5.69 Å². The van der Waals surface area contributed by atoms with Gasteiger partial charge in [-0.05, 0) is 30.7 Å². The lowest BCUT2D eigenvalue weighted by Crippen LogP contribution is -2.14. The zero-order valence-electron chi connectivity index (χ0n) is 11.1. The van der Waals surface area contributed by atoms with Gasteiger partial charge in [-0.25, -0.2) is 4.39 Å². The third-order valence-corrected chi connectivity index (χ3v) is 2.92. The molecule has 0 aliphatic carbocycles. The summed E-state index contributed by atoms with van der Waals surface area (Å²) < 4.78 is 53.0. The number of benzene rings is 1. The molecule has 21 heavy (non-hydrogen) atoms. The first-order valence-electron chi connectivity index (χ1n) is 6.28. The first-order chi connectivity index (χ1) is 9.84. The van der Waals surface area contributed by atoms with E-state index in [1.165, 1.54) is 16.9 Å². The molecule has 1 heterocycles. The average Bonchev–Trinajstić information content (AvgIpc) is 2.86. The number of hydrogen-bond donors (Lipinski definition) is 0. The Labute approximate surface area is 118 Å². The maximum atomic E-state index is 13.7. The number of ketones is 1. The SMILES string of the molecule is CCCn1nccc1C(=O)c1cc(C(F)(F)F)ccc1F. The number of halogens is 4. The van der Waals surface area contributed by atoms with Crippen molar-refractivity contribution in [3.05, 3.63) is 53.1 Å². The molecule has 112 valence electrons. The Kier molecular flexibility index (Phi) is 4.11. The van der Waals surface area contributed by atoms with Crippen molar-refractivity contribution in [2.45, 2.75) is 26.1 Å². The fraction of sp³-hybridized carbons (Fsp3) is 0.286. The first kappa shape index (κ1) is 15.2. The molecule has 0 bridgehead atoms. The summed E-state index contributed by atoms with van der Waals surface area (Å²) >= 11 is 0. The normalized spacial score (nSPS) is 11.7. The van der Waals surface area contributed by atoms with Gasteiger partial charge < -0.3 is 0 Å². The third-order valence-electron chi connectivity index (χ3n) is 2.92. The molecular weight excluding hydrogens is 288 g/mol. The molecule has 3 nitrogen and oxygen atoms in total. The van der Waals surface area contributed by atoms with Crippen LogP contribution in [-0.4, -0.2) is 15.6 Å². The smallest absolute Gasteiger partial charge is 0.287 e. The van der Waals surface area contributed by atoms with Crippen molar-refractivity contribution in [3.8, 4) is 0 Å². The van der Waals surface area contributed by atoms with E-state index in [2.05, 4.69) is 5.10 Å². The number of alkyl halides is 3. The van der Waals surface area contributed by atoms with Crippen LogP contribution in [0.3, 0.4) is 0 Å². The van der Waals surface area contributed by atoms with Crippen molar-refractivity contribution in [2.24, 2.45) is 0 Å². The van der Waals surface area contributed by atoms with E-state index in [1.54, 1.807) is 0 Å². The zero-order valence-corrected chi connectivity index (χ0v) is 11.1. The Bertz CT molecular complexity index is 661. The van der Waals surface area contributed by atoms with Gasteiger partial charge in [-0.1, -0.05) is 6.92 Å². The van der Waals surface area contributed by atoms with E-state index in [0.717, 1.165) is 0 Å². The highest BCUT2D eigenvalue weighted by Crippen LogP contribution is 2.30. The Morgan fingerprint density at radius 1 is 1.29 bits per heavy atom. The molecule has 1 aromatic carbocycles. The highest BCUT2D eigenvalue weighted by atomic mass is 19.4. The monoisotopic (exact) mass is 300 g/mol. The molecule has 0 aliphatic rings. The predicted octanol–water partition coefficient (Wildman–Crippen LogP) is 3.68. The van der Waals surface area contributed by atoms with Crippen LogP contribution in [0, 0.1) is 5.82 Å². The second-order valence-electron chi connectivity index (χ2n) is 4.46. The average molecular weight is 300 g/mol. The van der Waals surface area contributed by atoms with Crippen LogP contribution in [0.4, 0.5) is 17.6 Å². The number of aryl methyl sites for hydroxylation is 1. The van der Waals surface area contributed by atoms with Crippen molar-refractivity contribution < 1.29 is 22.4 Å². The van der Waals surface area contributed by atoms with E-state index < -0.39 is 28.9 Å². The second kappa shape index (κ2) is 5.67. The summed E-state index contributed by atoms with van der Waals surface area (Å²) in [6.07, 6.45) is -2.59. The van der Waals surface area contributed by atoms with Crippen LogP contribution in [0.15, 0.2) is 30.5 Å². The first-order valence-corrected chi connectivity index (χ1v) is 6.28. The van der Waals surface area contributed by atoms with Crippen LogP contribution in [0.1, 0.15) is 35.0 Å². The molecule has 0 fully saturated rings. The Balaban J connectivity index is 2.45. The van der Waals surface area contributed by atoms with Gasteiger partial charge in [0.15, 0.2) is 0 Å². The van der Waals surface area contributed by atoms with Crippen molar-refractivity contribution in [1.29, 1.82) is 0 Å². The van der Waals surface area contributed by atoms with Gasteiger partial charge in [-0.15, -0.1) is 0 Å². The number of nitrogens with zero attached hydrogens (tertiary/aromatic N) is 2. The van der Waals surface area contributed by atoms with Crippen molar-refractivity contribution in [1.82, 2.24) is 9.78 Å². The molecule has 0 saturated heterocycles. The van der Waals surface area contributed by atoms with Gasteiger partial charge in [-0.2, -0.15) is 18.3 Å².